The van der Waals surface area contributed by atoms with Crippen LogP contribution in [0.2, 0.25) is 0 Å². The molecule has 2 rings (SSSR count). The van der Waals surface area contributed by atoms with Crippen LogP contribution in [0.5, 0.6) is 0 Å². The Hall–Kier alpha value is -2.14. The molecule has 0 aliphatic carbocycles. The van der Waals surface area contributed by atoms with Crippen LogP contribution in [-0.2, 0) is 0 Å². The van der Waals surface area contributed by atoms with Crippen molar-refractivity contribution in [3.63, 3.8) is 0 Å². The molecule has 110 valence electrons. The first-order valence-electron chi connectivity index (χ1n) is 6.54. The van der Waals surface area contributed by atoms with Gasteiger partial charge in [-0.15, -0.1) is 11.3 Å². The largest absolute Gasteiger partial charge is 0.390 e. The topological polar surface area (TPSA) is 63.4 Å². The molecule has 0 aliphatic rings. The Kier molecular flexibility index (Phi) is 4.14. The number of hydrogen-bond acceptors (Lipinski definition) is 4. The van der Waals surface area contributed by atoms with Gasteiger partial charge in [-0.25, -0.2) is 0 Å². The summed E-state index contributed by atoms with van der Waals surface area (Å²) in [6.07, 6.45) is 0. The lowest BCUT2D eigenvalue weighted by Crippen LogP contribution is -2.21. The third-order valence-corrected chi connectivity index (χ3v) is 4.42. The minimum atomic E-state index is -0.140. The zero-order valence-corrected chi connectivity index (χ0v) is 13.4. The number of nitrogens with two attached hydrogens (primary N) is 1. The van der Waals surface area contributed by atoms with Crippen LogP contribution >= 0.6 is 11.3 Å². The molecular formula is C16H18N2O2S. The van der Waals surface area contributed by atoms with Crippen molar-refractivity contribution in [3.05, 3.63) is 51.4 Å². The lowest BCUT2D eigenvalue weighted by Gasteiger charge is -2.09. The standard InChI is InChI=1S/C16H18N2O2S/c1-9-5-7-11(8-6-9)13(19)12-10(2)14(21-15(12)17)16(20)18(3)4/h5-8H,17H2,1-4H3. The predicted molar refractivity (Wildman–Crippen MR) is 86.1 cm³/mol. The van der Waals surface area contributed by atoms with Crippen LogP contribution in [0.1, 0.15) is 36.7 Å². The van der Waals surface area contributed by atoms with Crippen LogP contribution in [0, 0.1) is 13.8 Å². The van der Waals surface area contributed by atoms with Gasteiger partial charge in [-0.2, -0.15) is 0 Å². The second kappa shape index (κ2) is 5.69. The predicted octanol–water partition coefficient (Wildman–Crippen LogP) is 2.88. The number of aryl methyl sites for hydroxylation is 1. The van der Waals surface area contributed by atoms with Crippen molar-refractivity contribution in [2.45, 2.75) is 13.8 Å². The molecular weight excluding hydrogens is 284 g/mol. The highest BCUT2D eigenvalue weighted by Crippen LogP contribution is 2.32. The normalized spacial score (nSPS) is 10.5. The Labute approximate surface area is 128 Å². The fourth-order valence-corrected chi connectivity index (χ4v) is 3.17. The number of hydrogen-bond donors (Lipinski definition) is 1. The van der Waals surface area contributed by atoms with E-state index in [1.165, 1.54) is 16.2 Å². The van der Waals surface area contributed by atoms with Gasteiger partial charge in [-0.1, -0.05) is 29.8 Å². The lowest BCUT2D eigenvalue weighted by molar-refractivity contribution is 0.0831. The maximum Gasteiger partial charge on any atom is 0.263 e. The van der Waals surface area contributed by atoms with E-state index in [2.05, 4.69) is 0 Å². The number of anilines is 1. The molecule has 2 N–H and O–H groups in total. The molecule has 1 aromatic carbocycles. The van der Waals surface area contributed by atoms with Gasteiger partial charge in [-0.05, 0) is 19.4 Å². The van der Waals surface area contributed by atoms with Crippen LogP contribution in [0.15, 0.2) is 24.3 Å². The van der Waals surface area contributed by atoms with Gasteiger partial charge in [-0.3, -0.25) is 9.59 Å². The van der Waals surface area contributed by atoms with Crippen molar-refractivity contribution in [1.82, 2.24) is 4.90 Å². The second-order valence-corrected chi connectivity index (χ2v) is 6.24. The summed E-state index contributed by atoms with van der Waals surface area (Å²) >= 11 is 1.17. The summed E-state index contributed by atoms with van der Waals surface area (Å²) in [5, 5.41) is 0.392. The summed E-state index contributed by atoms with van der Waals surface area (Å²) in [4.78, 5) is 26.7. The van der Waals surface area contributed by atoms with E-state index in [1.54, 1.807) is 33.2 Å². The van der Waals surface area contributed by atoms with E-state index in [0.717, 1.165) is 5.56 Å². The summed E-state index contributed by atoms with van der Waals surface area (Å²) < 4.78 is 0. The number of nitrogen functional groups attached to an aromatic ring is 1. The Morgan fingerprint density at radius 1 is 1.10 bits per heavy atom. The van der Waals surface area contributed by atoms with Gasteiger partial charge in [0, 0.05) is 19.7 Å². The number of amides is 1. The van der Waals surface area contributed by atoms with E-state index in [-0.39, 0.29) is 11.7 Å². The van der Waals surface area contributed by atoms with Crippen molar-refractivity contribution < 1.29 is 9.59 Å². The quantitative estimate of drug-likeness (QED) is 0.887. The van der Waals surface area contributed by atoms with Gasteiger partial charge in [0.25, 0.3) is 5.91 Å². The Morgan fingerprint density at radius 2 is 1.67 bits per heavy atom. The number of carbonyl (C=O) groups excluding carboxylic acids is 2. The van der Waals surface area contributed by atoms with Crippen molar-refractivity contribution in [2.24, 2.45) is 0 Å². The first kappa shape index (κ1) is 15.3. The number of rotatable bonds is 3. The molecule has 0 saturated heterocycles. The molecule has 0 fully saturated rings. The summed E-state index contributed by atoms with van der Waals surface area (Å²) in [6, 6.07) is 7.33. The minimum absolute atomic E-state index is 0.132. The average Bonchev–Trinajstić information content (AvgIpc) is 2.73. The number of benzene rings is 1. The zero-order valence-electron chi connectivity index (χ0n) is 12.6. The molecule has 0 radical (unpaired) electrons. The van der Waals surface area contributed by atoms with Gasteiger partial charge < -0.3 is 10.6 Å². The molecule has 0 saturated carbocycles. The Morgan fingerprint density at radius 3 is 2.19 bits per heavy atom. The van der Waals surface area contributed by atoms with E-state index in [9.17, 15) is 9.59 Å². The molecule has 4 nitrogen and oxygen atoms in total. The fraction of sp³-hybridized carbons (Fsp3) is 0.250. The molecule has 1 heterocycles. The van der Waals surface area contributed by atoms with Crippen molar-refractivity contribution in [1.29, 1.82) is 0 Å². The van der Waals surface area contributed by atoms with Crippen LogP contribution in [0.25, 0.3) is 0 Å². The molecule has 5 heteroatoms. The van der Waals surface area contributed by atoms with Crippen molar-refractivity contribution in [3.8, 4) is 0 Å². The summed E-state index contributed by atoms with van der Waals surface area (Å²) in [6.45, 7) is 3.73. The van der Waals surface area contributed by atoms with E-state index < -0.39 is 0 Å². The minimum Gasteiger partial charge on any atom is -0.390 e. The third-order valence-electron chi connectivity index (χ3n) is 3.32. The van der Waals surface area contributed by atoms with Gasteiger partial charge in [0.2, 0.25) is 0 Å². The SMILES string of the molecule is Cc1ccc(C(=O)c2c(N)sc(C(=O)N(C)C)c2C)cc1. The van der Waals surface area contributed by atoms with Crippen LogP contribution in [0.4, 0.5) is 5.00 Å². The van der Waals surface area contributed by atoms with Gasteiger partial charge in [0.15, 0.2) is 5.78 Å². The maximum atomic E-state index is 12.6. The second-order valence-electron chi connectivity index (χ2n) is 5.19. The van der Waals surface area contributed by atoms with Crippen LogP contribution < -0.4 is 5.73 Å². The van der Waals surface area contributed by atoms with E-state index in [1.807, 2.05) is 19.1 Å². The number of ketones is 1. The van der Waals surface area contributed by atoms with Crippen LogP contribution in [-0.4, -0.2) is 30.7 Å². The number of thiophene rings is 1. The van der Waals surface area contributed by atoms with E-state index in [0.29, 0.717) is 26.6 Å². The highest BCUT2D eigenvalue weighted by atomic mass is 32.1. The molecule has 0 spiro atoms. The van der Waals surface area contributed by atoms with Crippen molar-refractivity contribution >= 4 is 28.0 Å². The van der Waals surface area contributed by atoms with E-state index in [4.69, 9.17) is 5.73 Å². The molecule has 1 amide bonds. The number of nitrogens with zero attached hydrogens (tertiary/aromatic N) is 1. The molecule has 2 aromatic rings. The van der Waals surface area contributed by atoms with E-state index >= 15 is 0 Å². The molecule has 0 unspecified atom stereocenters. The molecule has 0 aliphatic heterocycles. The first-order valence-corrected chi connectivity index (χ1v) is 7.36. The summed E-state index contributed by atoms with van der Waals surface area (Å²) in [7, 11) is 3.36. The van der Waals surface area contributed by atoms with Crippen LogP contribution in [0.3, 0.4) is 0 Å². The zero-order chi connectivity index (χ0) is 15.7. The van der Waals surface area contributed by atoms with Gasteiger partial charge >= 0.3 is 0 Å². The summed E-state index contributed by atoms with van der Waals surface area (Å²) in [5.74, 6) is -0.272. The molecule has 21 heavy (non-hydrogen) atoms. The molecule has 0 atom stereocenters. The highest BCUT2D eigenvalue weighted by Gasteiger charge is 2.24. The average molecular weight is 302 g/mol. The monoisotopic (exact) mass is 302 g/mol. The Bertz CT molecular complexity index is 700. The number of carbonyl (C=O) groups is 2. The van der Waals surface area contributed by atoms with Crippen molar-refractivity contribution in [2.75, 3.05) is 19.8 Å². The molecule has 1 aromatic heterocycles. The highest BCUT2D eigenvalue weighted by molar-refractivity contribution is 7.18. The van der Waals surface area contributed by atoms with Gasteiger partial charge in [0.05, 0.1) is 15.4 Å². The third kappa shape index (κ3) is 2.83. The van der Waals surface area contributed by atoms with Gasteiger partial charge in [0.1, 0.15) is 0 Å². The summed E-state index contributed by atoms with van der Waals surface area (Å²) in [5.41, 5.74) is 8.74. The lowest BCUT2D eigenvalue weighted by atomic mass is 10.00. The fourth-order valence-electron chi connectivity index (χ4n) is 2.07. The Balaban J connectivity index is 2.47. The molecule has 0 bridgehead atoms. The smallest absolute Gasteiger partial charge is 0.263 e. The maximum absolute atomic E-state index is 12.6. The first-order chi connectivity index (χ1) is 9.82.